The molecular weight excluding hydrogens is 403 g/mol. The van der Waals surface area contributed by atoms with E-state index in [2.05, 4.69) is 25.9 Å². The molecule has 1 amide bonds. The van der Waals surface area contributed by atoms with E-state index in [0.717, 1.165) is 5.69 Å². The number of carbonyl (C=O) groups excluding carboxylic acids is 1. The summed E-state index contributed by atoms with van der Waals surface area (Å²) in [5.41, 5.74) is 13.0. The molecule has 31 heavy (non-hydrogen) atoms. The van der Waals surface area contributed by atoms with Crippen molar-refractivity contribution in [3.8, 4) is 11.5 Å². The van der Waals surface area contributed by atoms with Gasteiger partial charge in [-0.05, 0) is 26.2 Å². The number of nitrogens with zero attached hydrogens (tertiary/aromatic N) is 3. The average molecular weight is 433 g/mol. The number of hydrogen-bond acceptors (Lipinski definition) is 9. The van der Waals surface area contributed by atoms with Gasteiger partial charge in [0, 0.05) is 31.9 Å². The first-order valence-corrected chi connectivity index (χ1v) is 9.98. The first-order valence-electron chi connectivity index (χ1n) is 9.98. The second kappa shape index (κ2) is 10.6. The minimum absolute atomic E-state index is 0.117. The molecule has 1 atom stereocenters. The summed E-state index contributed by atoms with van der Waals surface area (Å²) in [4.78, 5) is 23.4. The van der Waals surface area contributed by atoms with Crippen LogP contribution in [0.4, 0.5) is 10.1 Å². The fraction of sp³-hybridized carbons (Fsp3) is 0.450. The van der Waals surface area contributed by atoms with Crippen molar-refractivity contribution < 1.29 is 13.9 Å². The molecule has 1 saturated heterocycles. The maximum atomic E-state index is 13.4. The summed E-state index contributed by atoms with van der Waals surface area (Å²) in [6.07, 6.45) is 2.09. The van der Waals surface area contributed by atoms with Gasteiger partial charge in [0.15, 0.2) is 5.75 Å². The molecule has 2 aromatic heterocycles. The lowest BCUT2D eigenvalue weighted by Crippen LogP contribution is -2.64. The number of halogens is 1. The monoisotopic (exact) mass is 432 g/mol. The van der Waals surface area contributed by atoms with Gasteiger partial charge < -0.3 is 26.4 Å². The zero-order valence-corrected chi connectivity index (χ0v) is 17.6. The van der Waals surface area contributed by atoms with E-state index in [1.54, 1.807) is 24.5 Å². The van der Waals surface area contributed by atoms with Crippen LogP contribution in [0.15, 0.2) is 36.8 Å². The molecule has 11 heteroatoms. The predicted octanol–water partition coefficient (Wildman–Crippen LogP) is -0.0143. The predicted molar refractivity (Wildman–Crippen MR) is 115 cm³/mol. The number of carbonyl (C=O) groups is 1. The van der Waals surface area contributed by atoms with Crippen LogP contribution in [0.25, 0.3) is 0 Å². The number of nitrogens with one attached hydrogen (secondary N) is 3. The molecule has 0 spiro atoms. The minimum Gasteiger partial charge on any atom is -0.453 e. The van der Waals surface area contributed by atoms with Gasteiger partial charge in [-0.25, -0.2) is 4.39 Å². The van der Waals surface area contributed by atoms with Crippen molar-refractivity contribution in [2.24, 2.45) is 17.4 Å². The van der Waals surface area contributed by atoms with Gasteiger partial charge in [0.05, 0.1) is 36.3 Å². The molecule has 168 valence electrons. The van der Waals surface area contributed by atoms with Gasteiger partial charge in [-0.1, -0.05) is 0 Å². The molecule has 0 bridgehead atoms. The standard InChI is InChI=1S/C20H29FN8O2/c1-29(2)11-13-3-4-14(9-25-13)31-16-5-6-24-10-15(16)28-20(30)17(18(22)23)19-26-7-12(21)8-27-19/h3-6,9-10,12,17-19,26-27H,7-8,11,22-23H2,1-2H3,(H,28,30). The largest absolute Gasteiger partial charge is 0.453 e. The minimum atomic E-state index is -1.04. The lowest BCUT2D eigenvalue weighted by molar-refractivity contribution is -0.122. The van der Waals surface area contributed by atoms with Crippen molar-refractivity contribution >= 4 is 11.6 Å². The van der Waals surface area contributed by atoms with Crippen molar-refractivity contribution in [3.05, 3.63) is 42.5 Å². The van der Waals surface area contributed by atoms with Crippen LogP contribution >= 0.6 is 0 Å². The lowest BCUT2D eigenvalue weighted by atomic mass is 9.99. The zero-order chi connectivity index (χ0) is 22.4. The van der Waals surface area contributed by atoms with Crippen molar-refractivity contribution in [2.75, 3.05) is 32.5 Å². The molecule has 0 aromatic carbocycles. The summed E-state index contributed by atoms with van der Waals surface area (Å²) in [6.45, 7) is 0.947. The second-order valence-corrected chi connectivity index (χ2v) is 7.68. The Morgan fingerprint density at radius 3 is 2.65 bits per heavy atom. The Kier molecular flexibility index (Phi) is 7.82. The summed E-state index contributed by atoms with van der Waals surface area (Å²) < 4.78 is 19.3. The molecule has 1 aliphatic heterocycles. The van der Waals surface area contributed by atoms with E-state index in [1.165, 1.54) is 6.20 Å². The average Bonchev–Trinajstić information content (AvgIpc) is 2.72. The number of amides is 1. The van der Waals surface area contributed by atoms with Gasteiger partial charge in [-0.3, -0.25) is 25.4 Å². The van der Waals surface area contributed by atoms with Crippen molar-refractivity contribution in [2.45, 2.75) is 25.0 Å². The first-order chi connectivity index (χ1) is 14.8. The SMILES string of the molecule is CN(C)Cc1ccc(Oc2ccncc2NC(=O)C(C(N)N)C2NCC(F)CN2)cn1. The Morgan fingerprint density at radius 1 is 1.29 bits per heavy atom. The third-order valence-electron chi connectivity index (χ3n) is 4.74. The highest BCUT2D eigenvalue weighted by molar-refractivity contribution is 5.94. The molecule has 2 aromatic rings. The molecule has 3 heterocycles. The number of aromatic nitrogens is 2. The molecule has 0 radical (unpaired) electrons. The van der Waals surface area contributed by atoms with Gasteiger partial charge in [-0.15, -0.1) is 0 Å². The van der Waals surface area contributed by atoms with E-state index in [4.69, 9.17) is 16.2 Å². The van der Waals surface area contributed by atoms with Crippen molar-refractivity contribution in [1.82, 2.24) is 25.5 Å². The van der Waals surface area contributed by atoms with E-state index in [0.29, 0.717) is 23.7 Å². The Balaban J connectivity index is 1.71. The van der Waals surface area contributed by atoms with Crippen LogP contribution in [-0.4, -0.2) is 66.5 Å². The highest BCUT2D eigenvalue weighted by Crippen LogP contribution is 2.29. The third-order valence-corrected chi connectivity index (χ3v) is 4.74. The zero-order valence-electron chi connectivity index (χ0n) is 17.6. The summed E-state index contributed by atoms with van der Waals surface area (Å²) in [6, 6.07) is 5.31. The fourth-order valence-corrected chi connectivity index (χ4v) is 3.25. The van der Waals surface area contributed by atoms with E-state index in [-0.39, 0.29) is 13.1 Å². The normalized spacial score (nSPS) is 20.0. The fourth-order valence-electron chi connectivity index (χ4n) is 3.25. The van der Waals surface area contributed by atoms with Crippen molar-refractivity contribution in [3.63, 3.8) is 0 Å². The molecule has 1 unspecified atom stereocenters. The number of hydrogen-bond donors (Lipinski definition) is 5. The van der Waals surface area contributed by atoms with Crippen molar-refractivity contribution in [1.29, 1.82) is 0 Å². The number of pyridine rings is 2. The van der Waals surface area contributed by atoms with Crippen LogP contribution in [0.3, 0.4) is 0 Å². The van der Waals surface area contributed by atoms with Crippen LogP contribution in [-0.2, 0) is 11.3 Å². The van der Waals surface area contributed by atoms with E-state index in [1.807, 2.05) is 25.1 Å². The maximum Gasteiger partial charge on any atom is 0.233 e. The van der Waals surface area contributed by atoms with E-state index >= 15 is 0 Å². The van der Waals surface area contributed by atoms with Crippen LogP contribution < -0.4 is 32.2 Å². The quantitative estimate of drug-likeness (QED) is 0.364. The number of alkyl halides is 1. The van der Waals surface area contributed by atoms with Crippen LogP contribution in [0.1, 0.15) is 5.69 Å². The topological polar surface area (TPSA) is 143 Å². The third kappa shape index (κ3) is 6.39. The van der Waals surface area contributed by atoms with E-state index < -0.39 is 30.3 Å². The molecule has 10 nitrogen and oxygen atoms in total. The summed E-state index contributed by atoms with van der Waals surface area (Å²) in [5, 5.41) is 8.62. The van der Waals surface area contributed by atoms with Gasteiger partial charge >= 0.3 is 0 Å². The molecule has 0 aliphatic carbocycles. The summed E-state index contributed by atoms with van der Waals surface area (Å²) in [5.74, 6) is -0.369. The summed E-state index contributed by atoms with van der Waals surface area (Å²) in [7, 11) is 3.93. The Morgan fingerprint density at radius 2 is 2.03 bits per heavy atom. The van der Waals surface area contributed by atoms with Gasteiger partial charge in [0.2, 0.25) is 5.91 Å². The van der Waals surface area contributed by atoms with Crippen LogP contribution in [0, 0.1) is 5.92 Å². The Bertz CT molecular complexity index is 857. The summed E-state index contributed by atoms with van der Waals surface area (Å²) >= 11 is 0. The van der Waals surface area contributed by atoms with Gasteiger partial charge in [0.1, 0.15) is 17.6 Å². The van der Waals surface area contributed by atoms with E-state index in [9.17, 15) is 9.18 Å². The maximum absolute atomic E-state index is 13.4. The number of anilines is 1. The smallest absolute Gasteiger partial charge is 0.233 e. The highest BCUT2D eigenvalue weighted by Gasteiger charge is 2.35. The number of ether oxygens (including phenoxy) is 1. The molecule has 1 fully saturated rings. The number of rotatable bonds is 8. The van der Waals surface area contributed by atoms with Crippen LogP contribution in [0.2, 0.25) is 0 Å². The molecule has 3 rings (SSSR count). The number of nitrogens with two attached hydrogens (primary N) is 2. The van der Waals surface area contributed by atoms with Crippen LogP contribution in [0.5, 0.6) is 11.5 Å². The second-order valence-electron chi connectivity index (χ2n) is 7.68. The Hall–Kier alpha value is -2.70. The van der Waals surface area contributed by atoms with Gasteiger partial charge in [-0.2, -0.15) is 0 Å². The first kappa shape index (κ1) is 23.0. The lowest BCUT2D eigenvalue weighted by Gasteiger charge is -2.34. The Labute approximate surface area is 180 Å². The molecule has 0 saturated carbocycles. The highest BCUT2D eigenvalue weighted by atomic mass is 19.1. The van der Waals surface area contributed by atoms with Gasteiger partial charge in [0.25, 0.3) is 0 Å². The molecule has 7 N–H and O–H groups in total. The molecular formula is C20H29FN8O2. The molecule has 1 aliphatic rings.